The van der Waals surface area contributed by atoms with Gasteiger partial charge in [-0.25, -0.2) is 4.79 Å². The molecule has 4 heteroatoms. The van der Waals surface area contributed by atoms with Gasteiger partial charge in [0.2, 0.25) is 5.91 Å². The smallest absolute Gasteiger partial charge is 0.326 e. The zero-order valence-corrected chi connectivity index (χ0v) is 9.64. The Bertz CT molecular complexity index is 330. The Hall–Kier alpha value is -1.50. The quantitative estimate of drug-likeness (QED) is 0.722. The van der Waals surface area contributed by atoms with Crippen molar-refractivity contribution >= 4 is 11.9 Å². The van der Waals surface area contributed by atoms with Gasteiger partial charge in [0.15, 0.2) is 0 Å². The van der Waals surface area contributed by atoms with Crippen LogP contribution in [0.4, 0.5) is 0 Å². The molecule has 0 aromatic carbocycles. The largest absolute Gasteiger partial charge is 0.480 e. The SMILES string of the molecule is C#CC1CC(=O)N(C(CC(C)C)C(=O)O)C1. The first-order valence-electron chi connectivity index (χ1n) is 5.44. The fourth-order valence-corrected chi connectivity index (χ4v) is 1.95. The van der Waals surface area contributed by atoms with E-state index in [0.29, 0.717) is 13.0 Å². The van der Waals surface area contributed by atoms with Crippen LogP contribution in [0.5, 0.6) is 0 Å². The molecule has 0 aromatic rings. The minimum atomic E-state index is -0.945. The molecule has 2 unspecified atom stereocenters. The maximum absolute atomic E-state index is 11.6. The summed E-state index contributed by atoms with van der Waals surface area (Å²) in [6.07, 6.45) is 6.01. The van der Waals surface area contributed by atoms with Crippen molar-refractivity contribution in [1.82, 2.24) is 4.90 Å². The molecule has 1 aliphatic heterocycles. The second kappa shape index (κ2) is 5.02. The van der Waals surface area contributed by atoms with E-state index in [4.69, 9.17) is 11.5 Å². The molecule has 0 aliphatic carbocycles. The van der Waals surface area contributed by atoms with E-state index in [2.05, 4.69) is 5.92 Å². The Morgan fingerprint density at radius 3 is 2.69 bits per heavy atom. The second-order valence-corrected chi connectivity index (χ2v) is 4.60. The summed E-state index contributed by atoms with van der Waals surface area (Å²) in [6, 6.07) is -0.731. The molecule has 88 valence electrons. The first kappa shape index (κ1) is 12.6. The van der Waals surface area contributed by atoms with Crippen LogP contribution in [0.3, 0.4) is 0 Å². The lowest BCUT2D eigenvalue weighted by Crippen LogP contribution is -2.43. The van der Waals surface area contributed by atoms with Gasteiger partial charge < -0.3 is 10.0 Å². The van der Waals surface area contributed by atoms with Crippen LogP contribution in [0.2, 0.25) is 0 Å². The zero-order chi connectivity index (χ0) is 12.3. The Labute approximate surface area is 95.6 Å². The van der Waals surface area contributed by atoms with E-state index in [-0.39, 0.29) is 24.2 Å². The number of hydrogen-bond acceptors (Lipinski definition) is 2. The van der Waals surface area contributed by atoms with Crippen LogP contribution in [0.25, 0.3) is 0 Å². The highest BCUT2D eigenvalue weighted by atomic mass is 16.4. The van der Waals surface area contributed by atoms with Crippen LogP contribution in [-0.4, -0.2) is 34.5 Å². The predicted molar refractivity (Wildman–Crippen MR) is 59.5 cm³/mol. The summed E-state index contributed by atoms with van der Waals surface area (Å²) in [5.41, 5.74) is 0. The molecule has 1 aliphatic rings. The molecule has 1 fully saturated rings. The molecule has 1 rings (SSSR count). The highest BCUT2D eigenvalue weighted by Gasteiger charge is 2.37. The van der Waals surface area contributed by atoms with Crippen molar-refractivity contribution in [2.45, 2.75) is 32.7 Å². The summed E-state index contributed by atoms with van der Waals surface area (Å²) in [4.78, 5) is 24.2. The number of likely N-dealkylation sites (tertiary alicyclic amines) is 1. The highest BCUT2D eigenvalue weighted by Crippen LogP contribution is 2.22. The van der Waals surface area contributed by atoms with Gasteiger partial charge in [-0.3, -0.25) is 4.79 Å². The highest BCUT2D eigenvalue weighted by molar-refractivity contribution is 5.85. The van der Waals surface area contributed by atoms with E-state index in [1.807, 2.05) is 13.8 Å². The standard InChI is InChI=1S/C12H17NO3/c1-4-9-6-11(14)13(7-9)10(12(15)16)5-8(2)3/h1,8-10H,5-7H2,2-3H3,(H,15,16). The van der Waals surface area contributed by atoms with E-state index in [0.717, 1.165) is 0 Å². The molecule has 1 heterocycles. The average molecular weight is 223 g/mol. The lowest BCUT2D eigenvalue weighted by molar-refractivity contribution is -0.149. The molecule has 2 atom stereocenters. The first-order valence-corrected chi connectivity index (χ1v) is 5.44. The molecule has 0 aromatic heterocycles. The van der Waals surface area contributed by atoms with Crippen LogP contribution in [0.15, 0.2) is 0 Å². The predicted octanol–water partition coefficient (Wildman–Crippen LogP) is 0.967. The Balaban J connectivity index is 2.76. The number of carbonyl (C=O) groups excluding carboxylic acids is 1. The zero-order valence-electron chi connectivity index (χ0n) is 9.64. The number of amides is 1. The van der Waals surface area contributed by atoms with Crippen LogP contribution in [-0.2, 0) is 9.59 Å². The topological polar surface area (TPSA) is 57.6 Å². The lowest BCUT2D eigenvalue weighted by atomic mass is 10.0. The molecule has 1 amide bonds. The summed E-state index contributed by atoms with van der Waals surface area (Å²) < 4.78 is 0. The molecule has 4 nitrogen and oxygen atoms in total. The van der Waals surface area contributed by atoms with Crippen molar-refractivity contribution in [1.29, 1.82) is 0 Å². The van der Waals surface area contributed by atoms with Gasteiger partial charge in [0.05, 0.1) is 0 Å². The van der Waals surface area contributed by atoms with Crippen molar-refractivity contribution in [3.63, 3.8) is 0 Å². The van der Waals surface area contributed by atoms with E-state index in [1.165, 1.54) is 4.90 Å². The van der Waals surface area contributed by atoms with E-state index < -0.39 is 12.0 Å². The second-order valence-electron chi connectivity index (χ2n) is 4.60. The number of hydrogen-bond donors (Lipinski definition) is 1. The van der Waals surface area contributed by atoms with Gasteiger partial charge in [0.25, 0.3) is 0 Å². The number of nitrogens with zero attached hydrogens (tertiary/aromatic N) is 1. The molecule has 0 bridgehead atoms. The van der Waals surface area contributed by atoms with Crippen LogP contribution in [0, 0.1) is 24.2 Å². The third kappa shape index (κ3) is 2.75. The minimum absolute atomic E-state index is 0.137. The Morgan fingerprint density at radius 1 is 1.69 bits per heavy atom. The third-order valence-corrected chi connectivity index (χ3v) is 2.75. The maximum Gasteiger partial charge on any atom is 0.326 e. The molecular formula is C12H17NO3. The van der Waals surface area contributed by atoms with E-state index >= 15 is 0 Å². The summed E-state index contributed by atoms with van der Waals surface area (Å²) in [6.45, 7) is 4.25. The van der Waals surface area contributed by atoms with Gasteiger partial charge in [0.1, 0.15) is 6.04 Å². The van der Waals surface area contributed by atoms with E-state index in [9.17, 15) is 9.59 Å². The number of rotatable bonds is 4. The Kier molecular flexibility index (Phi) is 3.94. The monoisotopic (exact) mass is 223 g/mol. The van der Waals surface area contributed by atoms with Crippen molar-refractivity contribution < 1.29 is 14.7 Å². The molecule has 16 heavy (non-hydrogen) atoms. The summed E-state index contributed by atoms with van der Waals surface area (Å²) in [7, 11) is 0. The first-order chi connectivity index (χ1) is 7.45. The number of carboxylic acid groups (broad SMARTS) is 1. The van der Waals surface area contributed by atoms with Gasteiger partial charge >= 0.3 is 5.97 Å². The lowest BCUT2D eigenvalue weighted by Gasteiger charge is -2.25. The number of terminal acetylenes is 1. The van der Waals surface area contributed by atoms with E-state index in [1.54, 1.807) is 0 Å². The minimum Gasteiger partial charge on any atom is -0.480 e. The Morgan fingerprint density at radius 2 is 2.31 bits per heavy atom. The van der Waals surface area contributed by atoms with Gasteiger partial charge in [-0.2, -0.15) is 0 Å². The van der Waals surface area contributed by atoms with Gasteiger partial charge in [-0.05, 0) is 12.3 Å². The van der Waals surface area contributed by atoms with Gasteiger partial charge in [-0.15, -0.1) is 12.3 Å². The van der Waals surface area contributed by atoms with Crippen molar-refractivity contribution in [2.75, 3.05) is 6.54 Å². The van der Waals surface area contributed by atoms with Crippen LogP contribution < -0.4 is 0 Å². The molecule has 0 saturated carbocycles. The van der Waals surface area contributed by atoms with Crippen molar-refractivity contribution in [3.05, 3.63) is 0 Å². The van der Waals surface area contributed by atoms with Crippen LogP contribution in [0.1, 0.15) is 26.7 Å². The number of aliphatic carboxylic acids is 1. The molecule has 1 N–H and O–H groups in total. The molecule has 0 radical (unpaired) electrons. The number of carboxylic acids is 1. The molecule has 0 spiro atoms. The fourth-order valence-electron chi connectivity index (χ4n) is 1.95. The average Bonchev–Trinajstić information content (AvgIpc) is 2.55. The third-order valence-electron chi connectivity index (χ3n) is 2.75. The van der Waals surface area contributed by atoms with Gasteiger partial charge in [-0.1, -0.05) is 13.8 Å². The van der Waals surface area contributed by atoms with Crippen molar-refractivity contribution in [2.24, 2.45) is 11.8 Å². The van der Waals surface area contributed by atoms with Crippen LogP contribution >= 0.6 is 0 Å². The summed E-state index contributed by atoms with van der Waals surface area (Å²) >= 11 is 0. The molecule has 1 saturated heterocycles. The summed E-state index contributed by atoms with van der Waals surface area (Å²) in [5, 5.41) is 9.11. The fraction of sp³-hybridized carbons (Fsp3) is 0.667. The number of carbonyl (C=O) groups is 2. The molecular weight excluding hydrogens is 206 g/mol. The normalized spacial score (nSPS) is 22.2. The summed E-state index contributed by atoms with van der Waals surface area (Å²) in [5.74, 6) is 1.53. The maximum atomic E-state index is 11.6. The van der Waals surface area contributed by atoms with Crippen molar-refractivity contribution in [3.8, 4) is 12.3 Å². The van der Waals surface area contributed by atoms with Gasteiger partial charge in [0, 0.05) is 18.9 Å².